The van der Waals surface area contributed by atoms with Crippen molar-refractivity contribution in [3.63, 3.8) is 0 Å². The maximum atomic E-state index is 2.39. The Labute approximate surface area is 112 Å². The van der Waals surface area contributed by atoms with Gasteiger partial charge in [0.1, 0.15) is 0 Å². The van der Waals surface area contributed by atoms with Gasteiger partial charge in [-0.25, -0.2) is 0 Å². The number of fused-ring (bicyclic) bond motifs is 8. The van der Waals surface area contributed by atoms with Gasteiger partial charge >= 0.3 is 0 Å². The third-order valence-corrected chi connectivity index (χ3v) is 4.72. The van der Waals surface area contributed by atoms with Gasteiger partial charge in [-0.05, 0) is 62.7 Å². The molecule has 0 nitrogen and oxygen atoms in total. The molecular formula is C19H14. The number of benzene rings is 2. The molecule has 0 unspecified atom stereocenters. The highest BCUT2D eigenvalue weighted by Crippen LogP contribution is 2.37. The van der Waals surface area contributed by atoms with Crippen LogP contribution in [0.3, 0.4) is 0 Å². The van der Waals surface area contributed by atoms with Crippen molar-refractivity contribution in [2.24, 2.45) is 0 Å². The normalized spacial score (nSPS) is 17.3. The van der Waals surface area contributed by atoms with Gasteiger partial charge in [-0.2, -0.15) is 0 Å². The third-order valence-electron chi connectivity index (χ3n) is 4.72. The van der Waals surface area contributed by atoms with Crippen LogP contribution >= 0.6 is 0 Å². The predicted octanol–water partition coefficient (Wildman–Crippen LogP) is 2.94. The minimum atomic E-state index is 1.09. The first kappa shape index (κ1) is 9.80. The summed E-state index contributed by atoms with van der Waals surface area (Å²) in [5, 5.41) is 5.90. The fourth-order valence-electron chi connectivity index (χ4n) is 3.92. The number of allylic oxidation sites excluding steroid dienone is 2. The van der Waals surface area contributed by atoms with Crippen LogP contribution in [0.2, 0.25) is 0 Å². The topological polar surface area (TPSA) is 0 Å². The predicted molar refractivity (Wildman–Crippen MR) is 82.2 cm³/mol. The van der Waals surface area contributed by atoms with Crippen molar-refractivity contribution in [1.29, 1.82) is 0 Å². The number of rotatable bonds is 0. The second kappa shape index (κ2) is 3.27. The molecule has 90 valence electrons. The van der Waals surface area contributed by atoms with E-state index in [-0.39, 0.29) is 0 Å². The molecule has 0 aliphatic heterocycles. The van der Waals surface area contributed by atoms with Crippen molar-refractivity contribution < 1.29 is 0 Å². The van der Waals surface area contributed by atoms with Gasteiger partial charge in [0, 0.05) is 0 Å². The Morgan fingerprint density at radius 3 is 2.47 bits per heavy atom. The molecule has 0 bridgehead atoms. The van der Waals surface area contributed by atoms with Gasteiger partial charge in [-0.15, -0.1) is 0 Å². The second-order valence-corrected chi connectivity index (χ2v) is 5.63. The molecule has 0 aromatic heterocycles. The summed E-state index contributed by atoms with van der Waals surface area (Å²) in [6.07, 6.45) is 17.3. The highest BCUT2D eigenvalue weighted by Gasteiger charge is 2.21. The Bertz CT molecular complexity index is 921. The molecule has 0 atom stereocenters. The van der Waals surface area contributed by atoms with E-state index in [2.05, 4.69) is 48.6 Å². The van der Waals surface area contributed by atoms with Crippen LogP contribution in [0.5, 0.6) is 0 Å². The SMILES string of the molecule is C1=Cc2c3c(c4c5c(ccc4c2C1)=CCC=5)CC=C3. The second-order valence-electron chi connectivity index (χ2n) is 5.63. The van der Waals surface area contributed by atoms with Crippen LogP contribution in [0, 0.1) is 0 Å². The first-order valence-electron chi connectivity index (χ1n) is 7.07. The smallest absolute Gasteiger partial charge is 0.00641 e. The standard InChI is InChI=1S/C19H14/c1-4-12-10-11-18-16-7-2-6-14(16)15-8-3-9-17(15)19(18)13(12)5-1/h2-6,8,10-11H,1,7,9H2. The molecule has 0 saturated carbocycles. The van der Waals surface area contributed by atoms with Gasteiger partial charge in [-0.3, -0.25) is 0 Å². The molecule has 0 heterocycles. The van der Waals surface area contributed by atoms with Gasteiger partial charge in [0.05, 0.1) is 0 Å². The van der Waals surface area contributed by atoms with Crippen molar-refractivity contribution in [3.05, 3.63) is 57.0 Å². The number of hydrogen-bond acceptors (Lipinski definition) is 0. The van der Waals surface area contributed by atoms with Crippen molar-refractivity contribution in [3.8, 4) is 0 Å². The molecule has 0 spiro atoms. The molecule has 19 heavy (non-hydrogen) atoms. The first-order valence-corrected chi connectivity index (χ1v) is 7.07. The van der Waals surface area contributed by atoms with E-state index in [1.54, 1.807) is 5.56 Å². The maximum Gasteiger partial charge on any atom is -0.00641 e. The zero-order valence-electron chi connectivity index (χ0n) is 10.7. The zero-order chi connectivity index (χ0) is 12.4. The minimum Gasteiger partial charge on any atom is -0.0795 e. The van der Waals surface area contributed by atoms with Crippen LogP contribution in [-0.4, -0.2) is 0 Å². The van der Waals surface area contributed by atoms with Crippen molar-refractivity contribution in [2.75, 3.05) is 0 Å². The maximum absolute atomic E-state index is 2.39. The Kier molecular flexibility index (Phi) is 1.69. The molecule has 2 aromatic rings. The summed E-state index contributed by atoms with van der Waals surface area (Å²) in [4.78, 5) is 0. The summed E-state index contributed by atoms with van der Waals surface area (Å²) in [5.41, 5.74) is 6.02. The Balaban J connectivity index is 2.12. The molecule has 3 aliphatic carbocycles. The van der Waals surface area contributed by atoms with E-state index >= 15 is 0 Å². The lowest BCUT2D eigenvalue weighted by Crippen LogP contribution is -2.23. The summed E-state index contributed by atoms with van der Waals surface area (Å²) >= 11 is 0. The average molecular weight is 242 g/mol. The molecule has 0 radical (unpaired) electrons. The van der Waals surface area contributed by atoms with Crippen LogP contribution in [0.4, 0.5) is 0 Å². The van der Waals surface area contributed by atoms with E-state index in [1.807, 2.05) is 0 Å². The zero-order valence-corrected chi connectivity index (χ0v) is 10.7. The fraction of sp³-hybridized carbons (Fsp3) is 0.158. The molecule has 2 aromatic carbocycles. The summed E-state index contributed by atoms with van der Waals surface area (Å²) in [6, 6.07) is 4.64. The lowest BCUT2D eigenvalue weighted by molar-refractivity contribution is 1.29. The Morgan fingerprint density at radius 1 is 0.789 bits per heavy atom. The van der Waals surface area contributed by atoms with Crippen molar-refractivity contribution in [1.82, 2.24) is 0 Å². The minimum absolute atomic E-state index is 1.09. The van der Waals surface area contributed by atoms with E-state index in [4.69, 9.17) is 0 Å². The average Bonchev–Trinajstić information content (AvgIpc) is 3.17. The summed E-state index contributed by atoms with van der Waals surface area (Å²) in [7, 11) is 0. The van der Waals surface area contributed by atoms with Crippen LogP contribution in [0.25, 0.3) is 35.1 Å². The Hall–Kier alpha value is -2.08. The van der Waals surface area contributed by atoms with E-state index in [0.717, 1.165) is 19.3 Å². The van der Waals surface area contributed by atoms with Gasteiger partial charge in [0.15, 0.2) is 0 Å². The lowest BCUT2D eigenvalue weighted by atomic mass is 9.90. The van der Waals surface area contributed by atoms with Crippen molar-refractivity contribution >= 4 is 35.1 Å². The summed E-state index contributed by atoms with van der Waals surface area (Å²) in [6.45, 7) is 0. The number of hydrogen-bond donors (Lipinski definition) is 0. The summed E-state index contributed by atoms with van der Waals surface area (Å²) < 4.78 is 0. The molecule has 3 aliphatic rings. The van der Waals surface area contributed by atoms with E-state index < -0.39 is 0 Å². The molecule has 5 rings (SSSR count). The molecule has 0 fully saturated rings. The molecule has 0 N–H and O–H groups in total. The highest BCUT2D eigenvalue weighted by atomic mass is 14.2. The lowest BCUT2D eigenvalue weighted by Gasteiger charge is -2.13. The fourth-order valence-corrected chi connectivity index (χ4v) is 3.92. The van der Waals surface area contributed by atoms with Gasteiger partial charge in [-0.1, -0.05) is 48.6 Å². The molecule has 0 saturated heterocycles. The third kappa shape index (κ3) is 1.10. The Morgan fingerprint density at radius 2 is 1.58 bits per heavy atom. The van der Waals surface area contributed by atoms with Gasteiger partial charge in [0.25, 0.3) is 0 Å². The monoisotopic (exact) mass is 242 g/mol. The van der Waals surface area contributed by atoms with E-state index in [9.17, 15) is 0 Å². The van der Waals surface area contributed by atoms with E-state index in [0.29, 0.717) is 0 Å². The molecular weight excluding hydrogens is 228 g/mol. The van der Waals surface area contributed by atoms with Crippen LogP contribution in [0.15, 0.2) is 24.3 Å². The largest absolute Gasteiger partial charge is 0.0795 e. The highest BCUT2D eigenvalue weighted by molar-refractivity contribution is 5.99. The quantitative estimate of drug-likeness (QED) is 0.666. The van der Waals surface area contributed by atoms with Gasteiger partial charge in [0.2, 0.25) is 0 Å². The van der Waals surface area contributed by atoms with Crippen LogP contribution in [0.1, 0.15) is 28.7 Å². The van der Waals surface area contributed by atoms with Crippen LogP contribution < -0.4 is 10.4 Å². The molecule has 0 heteroatoms. The summed E-state index contributed by atoms with van der Waals surface area (Å²) in [5.74, 6) is 0. The van der Waals surface area contributed by atoms with E-state index in [1.165, 1.54) is 37.9 Å². The van der Waals surface area contributed by atoms with Crippen molar-refractivity contribution in [2.45, 2.75) is 19.3 Å². The van der Waals surface area contributed by atoms with Gasteiger partial charge < -0.3 is 0 Å². The van der Waals surface area contributed by atoms with Crippen LogP contribution in [-0.2, 0) is 12.8 Å². The molecule has 0 amide bonds. The first-order chi connectivity index (χ1) is 9.43.